The summed E-state index contributed by atoms with van der Waals surface area (Å²) in [6.45, 7) is 3.97. The zero-order valence-corrected chi connectivity index (χ0v) is 22.0. The second kappa shape index (κ2) is 11.3. The summed E-state index contributed by atoms with van der Waals surface area (Å²) in [6, 6.07) is 17.5. The van der Waals surface area contributed by atoms with Crippen LogP contribution in [0.15, 0.2) is 54.6 Å². The quantitative estimate of drug-likeness (QED) is 0.307. The van der Waals surface area contributed by atoms with Gasteiger partial charge in [0.05, 0.1) is 11.9 Å². The van der Waals surface area contributed by atoms with Crippen LogP contribution in [0.1, 0.15) is 66.7 Å². The van der Waals surface area contributed by atoms with Crippen LogP contribution in [0, 0.1) is 6.92 Å². The first-order valence-corrected chi connectivity index (χ1v) is 12.7. The molecule has 3 aromatic rings. The Hall–Kier alpha value is -3.49. The summed E-state index contributed by atoms with van der Waals surface area (Å²) < 4.78 is 6.22. The van der Waals surface area contributed by atoms with Crippen molar-refractivity contribution in [2.75, 3.05) is 14.1 Å². The van der Waals surface area contributed by atoms with Crippen LogP contribution in [0.4, 0.5) is 0 Å². The van der Waals surface area contributed by atoms with Crippen LogP contribution in [0.2, 0.25) is 0 Å². The fourth-order valence-electron chi connectivity index (χ4n) is 5.31. The molecular weight excluding hydrogens is 468 g/mol. The van der Waals surface area contributed by atoms with Gasteiger partial charge in [-0.1, -0.05) is 18.2 Å². The number of ether oxygens (including phenoxy) is 1. The zero-order chi connectivity index (χ0) is 26.6. The van der Waals surface area contributed by atoms with E-state index in [0.29, 0.717) is 30.2 Å². The van der Waals surface area contributed by atoms with Crippen molar-refractivity contribution in [2.45, 2.75) is 63.6 Å². The van der Waals surface area contributed by atoms with Gasteiger partial charge in [-0.2, -0.15) is 0 Å². The van der Waals surface area contributed by atoms with Gasteiger partial charge in [0, 0.05) is 33.8 Å². The fourth-order valence-corrected chi connectivity index (χ4v) is 5.31. The molecule has 0 saturated heterocycles. The molecule has 1 heterocycles. The molecule has 196 valence electrons. The number of amides is 2. The van der Waals surface area contributed by atoms with Crippen LogP contribution < -0.4 is 15.5 Å². The Labute approximate surface area is 218 Å². The number of benzene rings is 2. The predicted octanol–water partition coefficient (Wildman–Crippen LogP) is 4.55. The maximum Gasteiger partial charge on any atom is 0.251 e. The minimum absolute atomic E-state index is 0.0351. The highest BCUT2D eigenvalue weighted by atomic mass is 16.5. The van der Waals surface area contributed by atoms with Crippen molar-refractivity contribution in [3.05, 3.63) is 71.4 Å². The number of aromatic nitrogens is 1. The van der Waals surface area contributed by atoms with Crippen molar-refractivity contribution >= 4 is 22.7 Å². The monoisotopic (exact) mass is 504 g/mol. The number of hydrogen-bond acceptors (Lipinski definition) is 6. The van der Waals surface area contributed by atoms with Gasteiger partial charge in [-0.3, -0.25) is 19.8 Å². The Kier molecular flexibility index (Phi) is 8.10. The average molecular weight is 505 g/mol. The lowest BCUT2D eigenvalue weighted by atomic mass is 9.76. The number of para-hydroxylation sites is 1. The minimum atomic E-state index is -0.694. The molecule has 1 aliphatic rings. The lowest BCUT2D eigenvalue weighted by Gasteiger charge is -2.42. The van der Waals surface area contributed by atoms with Gasteiger partial charge in [0.25, 0.3) is 5.91 Å². The molecule has 0 spiro atoms. The molecule has 1 aromatic heterocycles. The largest absolute Gasteiger partial charge is 0.486 e. The van der Waals surface area contributed by atoms with Gasteiger partial charge in [-0.05, 0) is 90.0 Å². The van der Waals surface area contributed by atoms with E-state index in [1.807, 2.05) is 58.3 Å². The molecule has 1 saturated carbocycles. The standard InChI is InChI=1S/C29H36N4O4/c1-19-17-25(24-7-5-6-8-26(24)30-19)20(2)37-23-11-9-21(10-12-23)28(35)31-29(18-27(34)32-36)15-13-22(14-16-29)33(3)4/h5-12,17,20,22,36H,13-16,18H2,1-4H3,(H,31,35)(H,32,34). The molecule has 0 aliphatic heterocycles. The van der Waals surface area contributed by atoms with Crippen molar-refractivity contribution in [1.82, 2.24) is 20.7 Å². The molecule has 37 heavy (non-hydrogen) atoms. The van der Waals surface area contributed by atoms with Gasteiger partial charge in [0.1, 0.15) is 11.9 Å². The number of carbonyl (C=O) groups is 2. The highest BCUT2D eigenvalue weighted by Gasteiger charge is 2.39. The number of nitrogens with zero attached hydrogens (tertiary/aromatic N) is 2. The molecule has 0 bridgehead atoms. The van der Waals surface area contributed by atoms with E-state index in [1.165, 1.54) is 0 Å². The van der Waals surface area contributed by atoms with Crippen LogP contribution in [0.3, 0.4) is 0 Å². The van der Waals surface area contributed by atoms with E-state index in [1.54, 1.807) is 29.7 Å². The predicted molar refractivity (Wildman–Crippen MR) is 143 cm³/mol. The molecule has 0 radical (unpaired) electrons. The topological polar surface area (TPSA) is 104 Å². The Morgan fingerprint density at radius 1 is 1.14 bits per heavy atom. The van der Waals surface area contributed by atoms with Gasteiger partial charge in [-0.15, -0.1) is 0 Å². The molecule has 2 aromatic carbocycles. The van der Waals surface area contributed by atoms with Crippen LogP contribution in [0.5, 0.6) is 5.75 Å². The molecule has 8 heteroatoms. The maximum absolute atomic E-state index is 13.2. The molecule has 3 N–H and O–H groups in total. The van der Waals surface area contributed by atoms with Gasteiger partial charge in [0.2, 0.25) is 5.91 Å². The van der Waals surface area contributed by atoms with E-state index in [2.05, 4.69) is 15.2 Å². The molecule has 1 atom stereocenters. The number of rotatable bonds is 8. The fraction of sp³-hybridized carbons (Fsp3) is 0.414. The van der Waals surface area contributed by atoms with Crippen LogP contribution in [-0.4, -0.2) is 52.6 Å². The minimum Gasteiger partial charge on any atom is -0.486 e. The summed E-state index contributed by atoms with van der Waals surface area (Å²) >= 11 is 0. The third-order valence-corrected chi connectivity index (χ3v) is 7.39. The van der Waals surface area contributed by atoms with Gasteiger partial charge >= 0.3 is 0 Å². The van der Waals surface area contributed by atoms with E-state index in [9.17, 15) is 9.59 Å². The molecule has 1 aliphatic carbocycles. The number of carbonyl (C=O) groups excluding carboxylic acids is 2. The Bertz CT molecular complexity index is 1250. The van der Waals surface area contributed by atoms with Gasteiger partial charge in [-0.25, -0.2) is 5.48 Å². The second-order valence-electron chi connectivity index (χ2n) is 10.3. The summed E-state index contributed by atoms with van der Waals surface area (Å²) in [4.78, 5) is 32.0. The van der Waals surface area contributed by atoms with Crippen molar-refractivity contribution in [2.24, 2.45) is 0 Å². The Balaban J connectivity index is 1.46. The molecule has 4 rings (SSSR count). The molecule has 2 amide bonds. The first-order chi connectivity index (χ1) is 17.7. The van der Waals surface area contributed by atoms with E-state index in [4.69, 9.17) is 9.94 Å². The number of fused-ring (bicyclic) bond motifs is 1. The summed E-state index contributed by atoms with van der Waals surface area (Å²) in [7, 11) is 4.08. The summed E-state index contributed by atoms with van der Waals surface area (Å²) in [5, 5.41) is 13.3. The summed E-state index contributed by atoms with van der Waals surface area (Å²) in [5.41, 5.74) is 4.43. The van der Waals surface area contributed by atoms with Crippen molar-refractivity contribution in [3.63, 3.8) is 0 Å². The molecular formula is C29H36N4O4. The summed E-state index contributed by atoms with van der Waals surface area (Å²) in [6.07, 6.45) is 2.87. The highest BCUT2D eigenvalue weighted by molar-refractivity contribution is 5.95. The van der Waals surface area contributed by atoms with E-state index >= 15 is 0 Å². The zero-order valence-electron chi connectivity index (χ0n) is 22.0. The highest BCUT2D eigenvalue weighted by Crippen LogP contribution is 2.34. The lowest BCUT2D eigenvalue weighted by molar-refractivity contribution is -0.131. The molecule has 1 fully saturated rings. The smallest absolute Gasteiger partial charge is 0.251 e. The van der Waals surface area contributed by atoms with Crippen LogP contribution >= 0.6 is 0 Å². The maximum atomic E-state index is 13.2. The first kappa shape index (κ1) is 26.6. The first-order valence-electron chi connectivity index (χ1n) is 12.7. The third-order valence-electron chi connectivity index (χ3n) is 7.39. The van der Waals surface area contributed by atoms with E-state index < -0.39 is 11.4 Å². The number of hydroxylamine groups is 1. The summed E-state index contributed by atoms with van der Waals surface area (Å²) in [5.74, 6) is -0.0898. The van der Waals surface area contributed by atoms with Crippen molar-refractivity contribution in [1.29, 1.82) is 0 Å². The van der Waals surface area contributed by atoms with Gasteiger partial charge < -0.3 is 15.0 Å². The van der Waals surface area contributed by atoms with E-state index in [-0.39, 0.29) is 18.4 Å². The second-order valence-corrected chi connectivity index (χ2v) is 10.3. The average Bonchev–Trinajstić information content (AvgIpc) is 2.88. The Morgan fingerprint density at radius 2 is 1.81 bits per heavy atom. The number of hydrogen-bond donors (Lipinski definition) is 3. The third kappa shape index (κ3) is 6.26. The van der Waals surface area contributed by atoms with Crippen molar-refractivity contribution < 1.29 is 19.5 Å². The lowest BCUT2D eigenvalue weighted by Crippen LogP contribution is -2.54. The number of pyridine rings is 1. The Morgan fingerprint density at radius 3 is 2.46 bits per heavy atom. The molecule has 8 nitrogen and oxygen atoms in total. The van der Waals surface area contributed by atoms with Gasteiger partial charge in [0.15, 0.2) is 0 Å². The SMILES string of the molecule is Cc1cc(C(C)Oc2ccc(C(=O)NC3(CC(=O)NO)CCC(N(C)C)CC3)cc2)c2ccccc2n1. The van der Waals surface area contributed by atoms with Crippen LogP contribution in [0.25, 0.3) is 10.9 Å². The van der Waals surface area contributed by atoms with Crippen molar-refractivity contribution in [3.8, 4) is 5.75 Å². The number of aryl methyl sites for hydroxylation is 1. The van der Waals surface area contributed by atoms with Crippen LogP contribution in [-0.2, 0) is 4.79 Å². The van der Waals surface area contributed by atoms with E-state index in [0.717, 1.165) is 35.0 Å². The number of nitrogens with one attached hydrogen (secondary N) is 2. The normalized spacial score (nSPS) is 20.4. The molecule has 1 unspecified atom stereocenters.